The van der Waals surface area contributed by atoms with Crippen molar-refractivity contribution in [2.45, 2.75) is 19.9 Å². The van der Waals surface area contributed by atoms with Gasteiger partial charge in [0, 0.05) is 18.1 Å². The molecule has 0 bridgehead atoms. The van der Waals surface area contributed by atoms with Crippen LogP contribution in [0.3, 0.4) is 0 Å². The van der Waals surface area contributed by atoms with Crippen LogP contribution in [0.15, 0.2) is 65.6 Å². The first-order valence-corrected chi connectivity index (χ1v) is 9.79. The van der Waals surface area contributed by atoms with Crippen molar-refractivity contribution in [3.63, 3.8) is 0 Å². The maximum absolute atomic E-state index is 12.8. The van der Waals surface area contributed by atoms with E-state index in [1.165, 1.54) is 4.57 Å². The second-order valence-electron chi connectivity index (χ2n) is 6.65. The van der Waals surface area contributed by atoms with Gasteiger partial charge in [-0.3, -0.25) is 9.59 Å². The Hall–Kier alpha value is -3.61. The number of fused-ring (bicyclic) bond motifs is 1. The largest absolute Gasteiger partial charge is 0.481 e. The summed E-state index contributed by atoms with van der Waals surface area (Å²) in [7, 11) is 0. The highest BCUT2D eigenvalue weighted by Crippen LogP contribution is 2.23. The number of aromatic nitrogens is 1. The number of rotatable bonds is 9. The smallest absolute Gasteiger partial charge is 0.344 e. The Labute approximate surface area is 174 Å². The molecule has 1 heterocycles. The van der Waals surface area contributed by atoms with E-state index in [9.17, 15) is 14.4 Å². The molecule has 0 saturated carbocycles. The standard InChI is InChI=1S/C23H24N2O5/c1-2-29-22(27)16-30-20-10-6-9-19-18(20)12-14-25(23(19)28)15-21(26)24-13-11-17-7-4-3-5-8-17/h3-10,12,14H,2,11,13,15-16H2,1H3,(H,24,26). The van der Waals surface area contributed by atoms with Crippen LogP contribution in [0, 0.1) is 0 Å². The van der Waals surface area contributed by atoms with E-state index in [0.717, 1.165) is 12.0 Å². The Balaban J connectivity index is 1.65. The summed E-state index contributed by atoms with van der Waals surface area (Å²) in [5.74, 6) is -0.297. The van der Waals surface area contributed by atoms with Crippen LogP contribution in [-0.2, 0) is 27.3 Å². The van der Waals surface area contributed by atoms with E-state index in [0.29, 0.717) is 23.1 Å². The summed E-state index contributed by atoms with van der Waals surface area (Å²) in [4.78, 5) is 36.6. The average molecular weight is 408 g/mol. The number of carbonyl (C=O) groups is 2. The van der Waals surface area contributed by atoms with Crippen LogP contribution in [0.1, 0.15) is 12.5 Å². The molecule has 156 valence electrons. The molecule has 0 saturated heterocycles. The van der Waals surface area contributed by atoms with Crippen molar-refractivity contribution in [3.8, 4) is 5.75 Å². The van der Waals surface area contributed by atoms with Gasteiger partial charge in [-0.2, -0.15) is 0 Å². The van der Waals surface area contributed by atoms with E-state index in [-0.39, 0.29) is 31.2 Å². The zero-order valence-corrected chi connectivity index (χ0v) is 16.8. The summed E-state index contributed by atoms with van der Waals surface area (Å²) in [5, 5.41) is 3.83. The summed E-state index contributed by atoms with van der Waals surface area (Å²) in [6.07, 6.45) is 2.28. The van der Waals surface area contributed by atoms with Crippen LogP contribution >= 0.6 is 0 Å². The lowest BCUT2D eigenvalue weighted by Crippen LogP contribution is -2.33. The number of hydrogen-bond donors (Lipinski definition) is 1. The normalized spacial score (nSPS) is 10.6. The number of carbonyl (C=O) groups excluding carboxylic acids is 2. The molecule has 3 aromatic rings. The molecule has 0 aliphatic carbocycles. The highest BCUT2D eigenvalue weighted by Gasteiger charge is 2.11. The van der Waals surface area contributed by atoms with Crippen molar-refractivity contribution in [2.75, 3.05) is 19.8 Å². The number of nitrogens with one attached hydrogen (secondary N) is 1. The van der Waals surface area contributed by atoms with Gasteiger partial charge in [0.25, 0.3) is 5.56 Å². The maximum atomic E-state index is 12.8. The van der Waals surface area contributed by atoms with Crippen LogP contribution in [0.2, 0.25) is 0 Å². The molecule has 0 fully saturated rings. The number of nitrogens with zero attached hydrogens (tertiary/aromatic N) is 1. The fourth-order valence-electron chi connectivity index (χ4n) is 3.08. The van der Waals surface area contributed by atoms with E-state index in [1.54, 1.807) is 37.4 Å². The fourth-order valence-corrected chi connectivity index (χ4v) is 3.08. The van der Waals surface area contributed by atoms with E-state index in [4.69, 9.17) is 9.47 Å². The third-order valence-corrected chi connectivity index (χ3v) is 4.52. The Morgan fingerprint density at radius 2 is 1.80 bits per heavy atom. The molecule has 7 heteroatoms. The predicted molar refractivity (Wildman–Crippen MR) is 113 cm³/mol. The second kappa shape index (κ2) is 10.2. The summed E-state index contributed by atoms with van der Waals surface area (Å²) in [5.41, 5.74) is 0.836. The van der Waals surface area contributed by atoms with Crippen LogP contribution in [0.4, 0.5) is 0 Å². The lowest BCUT2D eigenvalue weighted by molar-refractivity contribution is -0.145. The van der Waals surface area contributed by atoms with Gasteiger partial charge >= 0.3 is 5.97 Å². The van der Waals surface area contributed by atoms with Crippen molar-refractivity contribution in [1.82, 2.24) is 9.88 Å². The zero-order chi connectivity index (χ0) is 21.3. The van der Waals surface area contributed by atoms with E-state index < -0.39 is 5.97 Å². The summed E-state index contributed by atoms with van der Waals surface area (Å²) >= 11 is 0. The molecule has 30 heavy (non-hydrogen) atoms. The SMILES string of the molecule is CCOC(=O)COc1cccc2c(=O)n(CC(=O)NCCc3ccccc3)ccc12. The summed E-state index contributed by atoms with van der Waals surface area (Å²) in [6, 6.07) is 16.6. The molecule has 1 aromatic heterocycles. The van der Waals surface area contributed by atoms with Gasteiger partial charge in [0.2, 0.25) is 5.91 Å². The Kier molecular flexibility index (Phi) is 7.21. The van der Waals surface area contributed by atoms with E-state index >= 15 is 0 Å². The number of pyridine rings is 1. The van der Waals surface area contributed by atoms with Gasteiger partial charge in [-0.1, -0.05) is 36.4 Å². The lowest BCUT2D eigenvalue weighted by Gasteiger charge is -2.11. The molecule has 0 aliphatic rings. The Morgan fingerprint density at radius 1 is 1.00 bits per heavy atom. The molecule has 2 aromatic carbocycles. The van der Waals surface area contributed by atoms with Crippen LogP contribution in [0.25, 0.3) is 10.8 Å². The molecule has 3 rings (SSSR count). The molecular formula is C23H24N2O5. The predicted octanol–water partition coefficient (Wildman–Crippen LogP) is 2.30. The molecule has 1 amide bonds. The monoisotopic (exact) mass is 408 g/mol. The van der Waals surface area contributed by atoms with Gasteiger partial charge in [-0.15, -0.1) is 0 Å². The number of amides is 1. The average Bonchev–Trinajstić information content (AvgIpc) is 2.75. The minimum Gasteiger partial charge on any atom is -0.481 e. The highest BCUT2D eigenvalue weighted by molar-refractivity contribution is 5.88. The molecular weight excluding hydrogens is 384 g/mol. The number of benzene rings is 2. The summed E-state index contributed by atoms with van der Waals surface area (Å²) in [6.45, 7) is 2.18. The van der Waals surface area contributed by atoms with Crippen molar-refractivity contribution in [3.05, 3.63) is 76.7 Å². The molecule has 1 N–H and O–H groups in total. The van der Waals surface area contributed by atoms with Gasteiger partial charge in [-0.25, -0.2) is 4.79 Å². The zero-order valence-electron chi connectivity index (χ0n) is 16.8. The highest BCUT2D eigenvalue weighted by atomic mass is 16.6. The first-order chi connectivity index (χ1) is 14.6. The third-order valence-electron chi connectivity index (χ3n) is 4.52. The summed E-state index contributed by atoms with van der Waals surface area (Å²) < 4.78 is 11.7. The third kappa shape index (κ3) is 5.47. The van der Waals surface area contributed by atoms with Crippen LogP contribution < -0.4 is 15.6 Å². The van der Waals surface area contributed by atoms with Gasteiger partial charge in [0.05, 0.1) is 12.0 Å². The first kappa shape index (κ1) is 21.1. The van der Waals surface area contributed by atoms with Crippen molar-refractivity contribution < 1.29 is 19.1 Å². The van der Waals surface area contributed by atoms with Crippen molar-refractivity contribution >= 4 is 22.6 Å². The fraction of sp³-hybridized carbons (Fsp3) is 0.261. The molecule has 0 radical (unpaired) electrons. The van der Waals surface area contributed by atoms with Gasteiger partial charge in [-0.05, 0) is 37.1 Å². The minimum absolute atomic E-state index is 0.0720. The molecule has 0 atom stereocenters. The van der Waals surface area contributed by atoms with E-state index in [1.807, 2.05) is 30.3 Å². The van der Waals surface area contributed by atoms with Gasteiger partial charge in [0.15, 0.2) is 6.61 Å². The van der Waals surface area contributed by atoms with Crippen LogP contribution in [-0.4, -0.2) is 36.2 Å². The minimum atomic E-state index is -0.477. The quantitative estimate of drug-likeness (QED) is 0.549. The first-order valence-electron chi connectivity index (χ1n) is 9.79. The number of esters is 1. The molecule has 0 unspecified atom stereocenters. The Bertz CT molecular complexity index is 1080. The maximum Gasteiger partial charge on any atom is 0.344 e. The number of hydrogen-bond acceptors (Lipinski definition) is 5. The number of ether oxygens (including phenoxy) is 2. The van der Waals surface area contributed by atoms with Crippen molar-refractivity contribution in [1.29, 1.82) is 0 Å². The van der Waals surface area contributed by atoms with Gasteiger partial charge < -0.3 is 19.4 Å². The lowest BCUT2D eigenvalue weighted by atomic mass is 10.1. The topological polar surface area (TPSA) is 86.6 Å². The van der Waals surface area contributed by atoms with Crippen LogP contribution in [0.5, 0.6) is 5.75 Å². The van der Waals surface area contributed by atoms with E-state index in [2.05, 4.69) is 5.32 Å². The second-order valence-corrected chi connectivity index (χ2v) is 6.65. The van der Waals surface area contributed by atoms with Crippen molar-refractivity contribution in [2.24, 2.45) is 0 Å². The Morgan fingerprint density at radius 3 is 2.57 bits per heavy atom. The molecule has 0 spiro atoms. The van der Waals surface area contributed by atoms with Gasteiger partial charge in [0.1, 0.15) is 12.3 Å². The molecule has 0 aliphatic heterocycles. The molecule has 7 nitrogen and oxygen atoms in total.